The average Bonchev–Trinajstić information content (AvgIpc) is 2.90. The van der Waals surface area contributed by atoms with Gasteiger partial charge < -0.3 is 14.6 Å². The van der Waals surface area contributed by atoms with Crippen molar-refractivity contribution < 1.29 is 14.1 Å². The minimum absolute atomic E-state index is 0.101. The van der Waals surface area contributed by atoms with Gasteiger partial charge in [0.1, 0.15) is 17.4 Å². The van der Waals surface area contributed by atoms with E-state index in [9.17, 15) is 4.79 Å². The van der Waals surface area contributed by atoms with Crippen molar-refractivity contribution in [3.8, 4) is 5.88 Å². The van der Waals surface area contributed by atoms with Crippen LogP contribution in [0.2, 0.25) is 0 Å². The molecule has 128 valence electrons. The van der Waals surface area contributed by atoms with Crippen molar-refractivity contribution in [2.75, 3.05) is 0 Å². The van der Waals surface area contributed by atoms with Crippen LogP contribution in [0, 0.1) is 20.8 Å². The van der Waals surface area contributed by atoms with Crippen molar-refractivity contribution >= 4 is 5.91 Å². The molecule has 0 radical (unpaired) electrons. The van der Waals surface area contributed by atoms with E-state index < -0.39 is 0 Å². The Morgan fingerprint density at radius 2 is 1.96 bits per heavy atom. The number of aromatic nitrogens is 2. The topological polar surface area (TPSA) is 77.2 Å². The minimum Gasteiger partial charge on any atom is -0.474 e. The SMILES string of the molecule is Cc1ccc(OC2CCC(NC(=O)c3c(C)noc3C)CC2)nc1. The third-order valence-electron chi connectivity index (χ3n) is 4.44. The third-order valence-corrected chi connectivity index (χ3v) is 4.44. The molecule has 1 saturated carbocycles. The number of nitrogens with zero attached hydrogens (tertiary/aromatic N) is 2. The highest BCUT2D eigenvalue weighted by Gasteiger charge is 2.26. The van der Waals surface area contributed by atoms with Gasteiger partial charge in [-0.1, -0.05) is 11.2 Å². The van der Waals surface area contributed by atoms with Gasteiger partial charge in [0.25, 0.3) is 5.91 Å². The lowest BCUT2D eigenvalue weighted by Gasteiger charge is -2.29. The standard InChI is InChI=1S/C18H23N3O3/c1-11-4-9-16(19-10-11)23-15-7-5-14(6-8-15)20-18(22)17-12(2)21-24-13(17)3/h4,9-10,14-15H,5-8H2,1-3H3,(H,20,22). The number of amides is 1. The molecule has 6 heteroatoms. The number of pyridine rings is 1. The molecule has 2 heterocycles. The maximum Gasteiger partial charge on any atom is 0.257 e. The summed E-state index contributed by atoms with van der Waals surface area (Å²) in [4.78, 5) is 16.7. The highest BCUT2D eigenvalue weighted by atomic mass is 16.5. The summed E-state index contributed by atoms with van der Waals surface area (Å²) in [6.07, 6.45) is 5.57. The molecule has 1 amide bonds. The van der Waals surface area contributed by atoms with Gasteiger partial charge in [-0.15, -0.1) is 0 Å². The maximum atomic E-state index is 12.4. The Morgan fingerprint density at radius 3 is 2.54 bits per heavy atom. The van der Waals surface area contributed by atoms with Gasteiger partial charge in [-0.3, -0.25) is 4.79 Å². The monoisotopic (exact) mass is 329 g/mol. The number of carbonyl (C=O) groups is 1. The van der Waals surface area contributed by atoms with E-state index in [1.807, 2.05) is 25.3 Å². The summed E-state index contributed by atoms with van der Waals surface area (Å²) in [6.45, 7) is 5.54. The minimum atomic E-state index is -0.101. The predicted molar refractivity (Wildman–Crippen MR) is 89.1 cm³/mol. The highest BCUT2D eigenvalue weighted by Crippen LogP contribution is 2.23. The van der Waals surface area contributed by atoms with E-state index in [-0.39, 0.29) is 18.1 Å². The van der Waals surface area contributed by atoms with Crippen LogP contribution in [0.25, 0.3) is 0 Å². The maximum absolute atomic E-state index is 12.4. The third kappa shape index (κ3) is 3.75. The Bertz CT molecular complexity index is 681. The fourth-order valence-electron chi connectivity index (χ4n) is 3.08. The number of ether oxygens (including phenoxy) is 1. The number of nitrogens with one attached hydrogen (secondary N) is 1. The van der Waals surface area contributed by atoms with E-state index in [1.54, 1.807) is 13.8 Å². The normalized spacial score (nSPS) is 20.6. The van der Waals surface area contributed by atoms with Gasteiger partial charge in [-0.25, -0.2) is 4.98 Å². The summed E-state index contributed by atoms with van der Waals surface area (Å²) in [5, 5.41) is 6.92. The van der Waals surface area contributed by atoms with Gasteiger partial charge in [0, 0.05) is 18.3 Å². The van der Waals surface area contributed by atoms with Crippen molar-refractivity contribution in [2.24, 2.45) is 0 Å². The molecule has 1 N–H and O–H groups in total. The van der Waals surface area contributed by atoms with Crippen molar-refractivity contribution in [2.45, 2.75) is 58.6 Å². The van der Waals surface area contributed by atoms with E-state index in [1.165, 1.54) is 0 Å². The highest BCUT2D eigenvalue weighted by molar-refractivity contribution is 5.96. The van der Waals surface area contributed by atoms with Gasteiger partial charge in [0.05, 0.1) is 5.69 Å². The van der Waals surface area contributed by atoms with Gasteiger partial charge in [0.15, 0.2) is 0 Å². The molecule has 2 aromatic heterocycles. The van der Waals surface area contributed by atoms with Crippen LogP contribution >= 0.6 is 0 Å². The molecular weight excluding hydrogens is 306 g/mol. The van der Waals surface area contributed by atoms with Crippen LogP contribution in [0.4, 0.5) is 0 Å². The van der Waals surface area contributed by atoms with Crippen LogP contribution in [0.5, 0.6) is 5.88 Å². The lowest BCUT2D eigenvalue weighted by atomic mass is 9.92. The van der Waals surface area contributed by atoms with Crippen LogP contribution in [0.15, 0.2) is 22.9 Å². The Balaban J connectivity index is 1.50. The van der Waals surface area contributed by atoms with Crippen LogP contribution in [0.1, 0.15) is 53.1 Å². The largest absolute Gasteiger partial charge is 0.474 e. The van der Waals surface area contributed by atoms with E-state index in [0.717, 1.165) is 31.2 Å². The Labute approximate surface area is 141 Å². The molecule has 0 aliphatic heterocycles. The van der Waals surface area contributed by atoms with Gasteiger partial charge in [-0.05, 0) is 52.0 Å². The average molecular weight is 329 g/mol. The molecule has 1 aliphatic rings. The second-order valence-corrected chi connectivity index (χ2v) is 6.44. The zero-order valence-electron chi connectivity index (χ0n) is 14.3. The molecule has 1 fully saturated rings. The summed E-state index contributed by atoms with van der Waals surface area (Å²) in [5.74, 6) is 1.13. The summed E-state index contributed by atoms with van der Waals surface area (Å²) in [7, 11) is 0. The first-order valence-electron chi connectivity index (χ1n) is 8.36. The summed E-state index contributed by atoms with van der Waals surface area (Å²) >= 11 is 0. The van der Waals surface area contributed by atoms with Gasteiger partial charge in [0.2, 0.25) is 5.88 Å². The van der Waals surface area contributed by atoms with Crippen LogP contribution < -0.4 is 10.1 Å². The molecule has 24 heavy (non-hydrogen) atoms. The zero-order valence-corrected chi connectivity index (χ0v) is 14.3. The predicted octanol–water partition coefficient (Wildman–Crippen LogP) is 3.11. The lowest BCUT2D eigenvalue weighted by Crippen LogP contribution is -2.40. The molecule has 6 nitrogen and oxygen atoms in total. The Hall–Kier alpha value is -2.37. The molecule has 1 aliphatic carbocycles. The van der Waals surface area contributed by atoms with Crippen molar-refractivity contribution in [1.29, 1.82) is 0 Å². The fourth-order valence-corrected chi connectivity index (χ4v) is 3.08. The molecule has 2 aromatic rings. The van der Waals surface area contributed by atoms with E-state index in [4.69, 9.17) is 9.26 Å². The first-order valence-corrected chi connectivity index (χ1v) is 8.36. The molecule has 0 spiro atoms. The first-order chi connectivity index (χ1) is 11.5. The molecule has 0 atom stereocenters. The molecule has 0 unspecified atom stereocenters. The number of rotatable bonds is 4. The summed E-state index contributed by atoms with van der Waals surface area (Å²) < 4.78 is 11.0. The molecule has 0 saturated heterocycles. The molecular formula is C18H23N3O3. The second kappa shape index (κ2) is 7.03. The lowest BCUT2D eigenvalue weighted by molar-refractivity contribution is 0.0888. The molecule has 0 bridgehead atoms. The summed E-state index contributed by atoms with van der Waals surface area (Å²) in [6, 6.07) is 4.07. The molecule has 0 aromatic carbocycles. The van der Waals surface area contributed by atoms with Crippen LogP contribution in [-0.2, 0) is 0 Å². The van der Waals surface area contributed by atoms with Gasteiger partial charge >= 0.3 is 0 Å². The van der Waals surface area contributed by atoms with E-state index in [0.29, 0.717) is 22.9 Å². The smallest absolute Gasteiger partial charge is 0.257 e. The quantitative estimate of drug-likeness (QED) is 0.932. The van der Waals surface area contributed by atoms with Gasteiger partial charge in [-0.2, -0.15) is 0 Å². The van der Waals surface area contributed by atoms with E-state index in [2.05, 4.69) is 15.5 Å². The van der Waals surface area contributed by atoms with Crippen molar-refractivity contribution in [3.05, 3.63) is 40.9 Å². The zero-order chi connectivity index (χ0) is 17.1. The number of carbonyl (C=O) groups excluding carboxylic acids is 1. The van der Waals surface area contributed by atoms with E-state index >= 15 is 0 Å². The first kappa shape index (κ1) is 16.5. The Kier molecular flexibility index (Phi) is 4.83. The Morgan fingerprint density at radius 1 is 1.21 bits per heavy atom. The van der Waals surface area contributed by atoms with Crippen LogP contribution in [0.3, 0.4) is 0 Å². The molecule has 3 rings (SSSR count). The van der Waals surface area contributed by atoms with Crippen molar-refractivity contribution in [3.63, 3.8) is 0 Å². The summed E-state index contributed by atoms with van der Waals surface area (Å²) in [5.41, 5.74) is 2.30. The fraction of sp³-hybridized carbons (Fsp3) is 0.500. The second-order valence-electron chi connectivity index (χ2n) is 6.44. The number of aryl methyl sites for hydroxylation is 3. The van der Waals surface area contributed by atoms with Crippen LogP contribution in [-0.4, -0.2) is 28.2 Å². The number of hydrogen-bond acceptors (Lipinski definition) is 5. The van der Waals surface area contributed by atoms with Crippen molar-refractivity contribution in [1.82, 2.24) is 15.5 Å². The number of hydrogen-bond donors (Lipinski definition) is 1.